The predicted molar refractivity (Wildman–Crippen MR) is 90.4 cm³/mol. The lowest BCUT2D eigenvalue weighted by Gasteiger charge is -2.17. The fourth-order valence-electron chi connectivity index (χ4n) is 2.78. The van der Waals surface area contributed by atoms with Crippen LogP contribution in [0.1, 0.15) is 51.9 Å². The number of nitrogens with one attached hydrogen (secondary N) is 2. The van der Waals surface area contributed by atoms with E-state index in [0.717, 1.165) is 32.1 Å². The summed E-state index contributed by atoms with van der Waals surface area (Å²) in [6.07, 6.45) is 9.22. The van der Waals surface area contributed by atoms with Crippen molar-refractivity contribution in [3.63, 3.8) is 0 Å². The molecule has 19 heavy (non-hydrogen) atoms. The van der Waals surface area contributed by atoms with Gasteiger partial charge in [-0.2, -0.15) is 0 Å². The molecule has 1 saturated heterocycles. The third kappa shape index (κ3) is 6.29. The fraction of sp³-hybridized carbons (Fsp3) is 0.929. The van der Waals surface area contributed by atoms with E-state index in [1.165, 1.54) is 38.5 Å². The number of hydrogen-bond acceptors (Lipinski definition) is 2. The van der Waals surface area contributed by atoms with Crippen molar-refractivity contribution in [3.05, 3.63) is 0 Å². The van der Waals surface area contributed by atoms with Gasteiger partial charge in [-0.25, -0.2) is 0 Å². The molecule has 0 aromatic carbocycles. The Morgan fingerprint density at radius 1 is 1.21 bits per heavy atom. The molecule has 1 aliphatic carbocycles. The van der Waals surface area contributed by atoms with Crippen LogP contribution >= 0.6 is 24.0 Å². The molecule has 1 saturated carbocycles. The van der Waals surface area contributed by atoms with Gasteiger partial charge in [0, 0.05) is 25.7 Å². The van der Waals surface area contributed by atoms with Gasteiger partial charge in [-0.15, -0.1) is 24.0 Å². The van der Waals surface area contributed by atoms with Crippen LogP contribution in [-0.2, 0) is 4.74 Å². The van der Waals surface area contributed by atoms with Gasteiger partial charge in [-0.05, 0) is 39.0 Å². The molecule has 2 N–H and O–H groups in total. The molecule has 0 amide bonds. The lowest BCUT2D eigenvalue weighted by molar-refractivity contribution is 0.106. The molecule has 2 fully saturated rings. The van der Waals surface area contributed by atoms with E-state index in [9.17, 15) is 0 Å². The molecule has 0 radical (unpaired) electrons. The molecule has 1 unspecified atom stereocenters. The van der Waals surface area contributed by atoms with Crippen molar-refractivity contribution >= 4 is 29.9 Å². The first-order valence-electron chi connectivity index (χ1n) is 7.55. The maximum Gasteiger partial charge on any atom is 0.191 e. The molecule has 0 aromatic heterocycles. The van der Waals surface area contributed by atoms with Crippen molar-refractivity contribution in [1.29, 1.82) is 0 Å². The molecule has 5 heteroatoms. The first kappa shape index (κ1) is 17.0. The van der Waals surface area contributed by atoms with E-state index in [-0.39, 0.29) is 24.0 Å². The van der Waals surface area contributed by atoms with Gasteiger partial charge < -0.3 is 15.4 Å². The maximum atomic E-state index is 5.62. The van der Waals surface area contributed by atoms with Crippen LogP contribution in [0.3, 0.4) is 0 Å². The molecule has 1 aliphatic heterocycles. The average Bonchev–Trinajstić information content (AvgIpc) is 3.02. The third-order valence-corrected chi connectivity index (χ3v) is 3.79. The minimum Gasteiger partial charge on any atom is -0.378 e. The van der Waals surface area contributed by atoms with E-state index in [1.54, 1.807) is 0 Å². The summed E-state index contributed by atoms with van der Waals surface area (Å²) in [6, 6.07) is 0.630. The molecule has 4 nitrogen and oxygen atoms in total. The monoisotopic (exact) mass is 381 g/mol. The molecular formula is C14H28IN3O. The van der Waals surface area contributed by atoms with Crippen molar-refractivity contribution in [2.45, 2.75) is 64.0 Å². The van der Waals surface area contributed by atoms with Crippen LogP contribution in [0.25, 0.3) is 0 Å². The van der Waals surface area contributed by atoms with Gasteiger partial charge in [-0.3, -0.25) is 4.99 Å². The summed E-state index contributed by atoms with van der Waals surface area (Å²) in [4.78, 5) is 4.65. The quantitative estimate of drug-likeness (QED) is 0.437. The van der Waals surface area contributed by atoms with Crippen LogP contribution in [0.15, 0.2) is 4.99 Å². The first-order valence-corrected chi connectivity index (χ1v) is 7.55. The molecule has 0 aromatic rings. The van der Waals surface area contributed by atoms with Crippen molar-refractivity contribution in [1.82, 2.24) is 10.6 Å². The smallest absolute Gasteiger partial charge is 0.191 e. The molecule has 0 spiro atoms. The van der Waals surface area contributed by atoms with Crippen LogP contribution in [-0.4, -0.2) is 37.8 Å². The van der Waals surface area contributed by atoms with Gasteiger partial charge in [-0.1, -0.05) is 12.8 Å². The highest BCUT2D eigenvalue weighted by Crippen LogP contribution is 2.17. The minimum atomic E-state index is 0. The van der Waals surface area contributed by atoms with E-state index in [1.807, 2.05) is 0 Å². The van der Waals surface area contributed by atoms with Crippen LogP contribution in [0, 0.1) is 0 Å². The van der Waals surface area contributed by atoms with Crippen LogP contribution < -0.4 is 10.6 Å². The highest BCUT2D eigenvalue weighted by atomic mass is 127. The van der Waals surface area contributed by atoms with Crippen molar-refractivity contribution in [2.24, 2.45) is 4.99 Å². The Kier molecular flexibility index (Phi) is 8.77. The van der Waals surface area contributed by atoms with Crippen LogP contribution in [0.2, 0.25) is 0 Å². The van der Waals surface area contributed by atoms with Gasteiger partial charge in [0.15, 0.2) is 5.96 Å². The number of nitrogens with zero attached hydrogens (tertiary/aromatic N) is 1. The maximum absolute atomic E-state index is 5.62. The van der Waals surface area contributed by atoms with E-state index < -0.39 is 0 Å². The van der Waals surface area contributed by atoms with E-state index in [0.29, 0.717) is 12.1 Å². The van der Waals surface area contributed by atoms with Crippen LogP contribution in [0.4, 0.5) is 0 Å². The number of halogens is 1. The molecule has 1 heterocycles. The fourth-order valence-corrected chi connectivity index (χ4v) is 2.78. The van der Waals surface area contributed by atoms with Crippen molar-refractivity contribution in [3.8, 4) is 0 Å². The number of guanidine groups is 1. The van der Waals surface area contributed by atoms with Gasteiger partial charge in [0.05, 0.1) is 6.10 Å². The second-order valence-electron chi connectivity index (χ2n) is 5.31. The first-order chi connectivity index (χ1) is 8.88. The number of aliphatic imine (C=N–C) groups is 1. The van der Waals surface area contributed by atoms with Gasteiger partial charge >= 0.3 is 0 Å². The standard InChI is InChI=1S/C14H27N3O.HI/c1-2-15-14(17-12-6-3-4-7-12)16-10-9-13-8-5-11-18-13;/h12-13H,2-11H2,1H3,(H2,15,16,17);1H. The summed E-state index contributed by atoms with van der Waals surface area (Å²) in [5.41, 5.74) is 0. The topological polar surface area (TPSA) is 45.7 Å². The van der Waals surface area contributed by atoms with Crippen molar-refractivity contribution < 1.29 is 4.74 Å². The van der Waals surface area contributed by atoms with Gasteiger partial charge in [0.1, 0.15) is 0 Å². The van der Waals surface area contributed by atoms with E-state index in [4.69, 9.17) is 4.74 Å². The second kappa shape index (κ2) is 9.80. The Balaban J connectivity index is 0.00000180. The molecule has 1 atom stereocenters. The predicted octanol–water partition coefficient (Wildman–Crippen LogP) is 2.67. The van der Waals surface area contributed by atoms with Crippen molar-refractivity contribution in [2.75, 3.05) is 19.7 Å². The summed E-state index contributed by atoms with van der Waals surface area (Å²) in [6.45, 7) is 4.85. The number of rotatable bonds is 5. The zero-order chi connectivity index (χ0) is 12.6. The summed E-state index contributed by atoms with van der Waals surface area (Å²) in [5.74, 6) is 0.988. The number of hydrogen-bond donors (Lipinski definition) is 2. The Bertz CT molecular complexity index is 261. The highest BCUT2D eigenvalue weighted by molar-refractivity contribution is 14.0. The van der Waals surface area contributed by atoms with Crippen LogP contribution in [0.5, 0.6) is 0 Å². The average molecular weight is 381 g/mol. The summed E-state index contributed by atoms with van der Waals surface area (Å²) < 4.78 is 5.62. The minimum absolute atomic E-state index is 0. The molecule has 112 valence electrons. The summed E-state index contributed by atoms with van der Waals surface area (Å²) >= 11 is 0. The normalized spacial score (nSPS) is 24.3. The Hall–Kier alpha value is -0.0400. The molecule has 2 aliphatic rings. The van der Waals surface area contributed by atoms with Gasteiger partial charge in [0.2, 0.25) is 0 Å². The lowest BCUT2D eigenvalue weighted by Crippen LogP contribution is -2.42. The van der Waals surface area contributed by atoms with E-state index in [2.05, 4.69) is 22.5 Å². The zero-order valence-electron chi connectivity index (χ0n) is 12.0. The number of ether oxygens (including phenoxy) is 1. The van der Waals surface area contributed by atoms with E-state index >= 15 is 0 Å². The summed E-state index contributed by atoms with van der Waals surface area (Å²) in [7, 11) is 0. The summed E-state index contributed by atoms with van der Waals surface area (Å²) in [5, 5.41) is 6.87. The second-order valence-corrected chi connectivity index (χ2v) is 5.31. The Morgan fingerprint density at radius 2 is 2.00 bits per heavy atom. The molecular weight excluding hydrogens is 353 g/mol. The molecule has 2 rings (SSSR count). The highest BCUT2D eigenvalue weighted by Gasteiger charge is 2.17. The third-order valence-electron chi connectivity index (χ3n) is 3.79. The SMILES string of the molecule is CCNC(=NCCC1CCCO1)NC1CCCC1.I. The largest absolute Gasteiger partial charge is 0.378 e. The lowest BCUT2D eigenvalue weighted by atomic mass is 10.2. The van der Waals surface area contributed by atoms with Gasteiger partial charge in [0.25, 0.3) is 0 Å². The Labute approximate surface area is 134 Å². The zero-order valence-corrected chi connectivity index (χ0v) is 14.3. The Morgan fingerprint density at radius 3 is 2.63 bits per heavy atom. The molecule has 0 bridgehead atoms.